The van der Waals surface area contributed by atoms with Crippen molar-refractivity contribution in [2.75, 3.05) is 38.0 Å². The minimum absolute atomic E-state index is 0.124. The highest BCUT2D eigenvalue weighted by Crippen LogP contribution is 2.27. The number of benzene rings is 1. The molecule has 0 spiro atoms. The van der Waals surface area contributed by atoms with E-state index in [2.05, 4.69) is 31.4 Å². The molecule has 0 saturated carbocycles. The zero-order chi connectivity index (χ0) is 20.6. The molecule has 2 N–H and O–H groups in total. The van der Waals surface area contributed by atoms with Crippen molar-refractivity contribution in [1.29, 1.82) is 0 Å². The molecule has 0 aliphatic carbocycles. The van der Waals surface area contributed by atoms with Crippen LogP contribution >= 0.6 is 0 Å². The molecule has 1 saturated heterocycles. The Morgan fingerprint density at radius 3 is 2.72 bits per heavy atom. The van der Waals surface area contributed by atoms with Crippen molar-refractivity contribution in [3.8, 4) is 12.3 Å². The molecule has 6 nitrogen and oxygen atoms in total. The Morgan fingerprint density at radius 1 is 1.31 bits per heavy atom. The number of carbonyl (C=O) groups is 1. The van der Waals surface area contributed by atoms with Crippen LogP contribution in [0.25, 0.3) is 0 Å². The summed E-state index contributed by atoms with van der Waals surface area (Å²) in [6, 6.07) is 6.29. The maximum absolute atomic E-state index is 13.3. The molecule has 1 aromatic carbocycles. The summed E-state index contributed by atoms with van der Waals surface area (Å²) in [5.41, 5.74) is 1.74. The molecular formula is C22H26FN5O. The summed E-state index contributed by atoms with van der Waals surface area (Å²) < 4.78 is 13.3. The number of likely N-dealkylation sites (tertiary alicyclic amines) is 1. The van der Waals surface area contributed by atoms with Crippen LogP contribution in [0.4, 0.5) is 10.2 Å². The Labute approximate surface area is 170 Å². The smallest absolute Gasteiger partial charge is 0.272 e. The summed E-state index contributed by atoms with van der Waals surface area (Å²) in [6.07, 6.45) is 9.14. The second-order valence-electron chi connectivity index (χ2n) is 7.12. The van der Waals surface area contributed by atoms with Crippen molar-refractivity contribution in [2.24, 2.45) is 0 Å². The number of terminal acetylenes is 1. The molecule has 29 heavy (non-hydrogen) atoms. The van der Waals surface area contributed by atoms with E-state index < -0.39 is 0 Å². The summed E-state index contributed by atoms with van der Waals surface area (Å²) in [5.74, 6) is 2.17. The van der Waals surface area contributed by atoms with Crippen molar-refractivity contribution in [3.05, 3.63) is 53.2 Å². The minimum atomic E-state index is -0.369. The summed E-state index contributed by atoms with van der Waals surface area (Å²) in [4.78, 5) is 23.7. The van der Waals surface area contributed by atoms with E-state index in [-0.39, 0.29) is 29.9 Å². The number of nitrogens with one attached hydrogen (secondary N) is 2. The van der Waals surface area contributed by atoms with Gasteiger partial charge in [-0.05, 0) is 43.6 Å². The first-order valence-electron chi connectivity index (χ1n) is 9.88. The predicted molar refractivity (Wildman–Crippen MR) is 111 cm³/mol. The molecule has 1 unspecified atom stereocenters. The number of carbonyl (C=O) groups excluding carboxylic acids is 1. The monoisotopic (exact) mass is 395 g/mol. The van der Waals surface area contributed by atoms with Gasteiger partial charge in [-0.15, -0.1) is 6.42 Å². The summed E-state index contributed by atoms with van der Waals surface area (Å²) >= 11 is 0. The Hall–Kier alpha value is -2.98. The summed E-state index contributed by atoms with van der Waals surface area (Å²) in [7, 11) is 0. The lowest BCUT2D eigenvalue weighted by atomic mass is 9.97. The third-order valence-corrected chi connectivity index (χ3v) is 5.08. The van der Waals surface area contributed by atoms with E-state index in [1.165, 1.54) is 31.2 Å². The van der Waals surface area contributed by atoms with E-state index in [9.17, 15) is 9.18 Å². The minimum Gasteiger partial charge on any atom is -0.367 e. The highest BCUT2D eigenvalue weighted by molar-refractivity contribution is 5.92. The molecule has 152 valence electrons. The van der Waals surface area contributed by atoms with E-state index in [0.29, 0.717) is 11.5 Å². The third-order valence-electron chi connectivity index (χ3n) is 5.08. The number of rotatable bonds is 8. The number of amides is 1. The molecule has 0 radical (unpaired) electrons. The average Bonchev–Trinajstić information content (AvgIpc) is 3.25. The number of anilines is 1. The largest absolute Gasteiger partial charge is 0.367 e. The van der Waals surface area contributed by atoms with E-state index in [4.69, 9.17) is 6.42 Å². The number of hydrogen-bond donors (Lipinski definition) is 2. The number of nitrogens with zero attached hydrogens (tertiary/aromatic N) is 3. The van der Waals surface area contributed by atoms with Crippen LogP contribution < -0.4 is 10.6 Å². The first kappa shape index (κ1) is 20.7. The molecule has 2 aromatic rings. The number of halogens is 1. The van der Waals surface area contributed by atoms with Crippen LogP contribution in [-0.2, 0) is 0 Å². The zero-order valence-electron chi connectivity index (χ0n) is 16.6. The molecule has 1 aliphatic rings. The first-order chi connectivity index (χ1) is 14.1. The van der Waals surface area contributed by atoms with Crippen LogP contribution in [0, 0.1) is 18.2 Å². The fraction of sp³-hybridized carbons (Fsp3) is 0.409. The van der Waals surface area contributed by atoms with Crippen LogP contribution in [0.2, 0.25) is 0 Å². The van der Waals surface area contributed by atoms with Crippen LogP contribution in [0.5, 0.6) is 0 Å². The normalized spacial score (nSPS) is 14.9. The molecule has 7 heteroatoms. The van der Waals surface area contributed by atoms with E-state index in [0.717, 1.165) is 31.7 Å². The standard InChI is InChI=1S/C22H26FN5O/c1-3-10-25-22(29)19-15-26-21(24-11-14-28-12-4-5-13-28)20(27-19)16(2)17-6-8-18(23)9-7-17/h1,6-9,15-16H,4-5,10-14H2,2H3,(H,24,26)(H,25,29). The SMILES string of the molecule is C#CCNC(=O)c1cnc(NCCN2CCCC2)c(C(C)c2ccc(F)cc2)n1. The van der Waals surface area contributed by atoms with Gasteiger partial charge < -0.3 is 15.5 Å². The van der Waals surface area contributed by atoms with Gasteiger partial charge in [-0.2, -0.15) is 0 Å². The maximum Gasteiger partial charge on any atom is 0.272 e. The second-order valence-corrected chi connectivity index (χ2v) is 7.12. The molecule has 1 aliphatic heterocycles. The molecular weight excluding hydrogens is 369 g/mol. The van der Waals surface area contributed by atoms with E-state index >= 15 is 0 Å². The van der Waals surface area contributed by atoms with Gasteiger partial charge in [0.15, 0.2) is 0 Å². The van der Waals surface area contributed by atoms with Gasteiger partial charge in [0.25, 0.3) is 5.91 Å². The van der Waals surface area contributed by atoms with Crippen LogP contribution in [-0.4, -0.2) is 53.5 Å². The Morgan fingerprint density at radius 2 is 2.03 bits per heavy atom. The van der Waals surface area contributed by atoms with Gasteiger partial charge in [0, 0.05) is 19.0 Å². The van der Waals surface area contributed by atoms with Crippen molar-refractivity contribution in [2.45, 2.75) is 25.7 Å². The highest BCUT2D eigenvalue weighted by atomic mass is 19.1. The fourth-order valence-electron chi connectivity index (χ4n) is 3.42. The lowest BCUT2D eigenvalue weighted by Crippen LogP contribution is -2.28. The Balaban J connectivity index is 1.82. The molecule has 1 atom stereocenters. The molecule has 3 rings (SSSR count). The van der Waals surface area contributed by atoms with Crippen LogP contribution in [0.3, 0.4) is 0 Å². The van der Waals surface area contributed by atoms with Crippen LogP contribution in [0.1, 0.15) is 47.4 Å². The van der Waals surface area contributed by atoms with Crippen molar-refractivity contribution in [3.63, 3.8) is 0 Å². The molecule has 1 amide bonds. The third kappa shape index (κ3) is 5.52. The second kappa shape index (κ2) is 9.99. The summed E-state index contributed by atoms with van der Waals surface area (Å²) in [5, 5.41) is 5.97. The van der Waals surface area contributed by atoms with Gasteiger partial charge in [-0.1, -0.05) is 25.0 Å². The summed E-state index contributed by atoms with van der Waals surface area (Å²) in [6.45, 7) is 6.00. The van der Waals surface area contributed by atoms with Gasteiger partial charge in [-0.3, -0.25) is 4.79 Å². The van der Waals surface area contributed by atoms with Gasteiger partial charge in [0.2, 0.25) is 0 Å². The highest BCUT2D eigenvalue weighted by Gasteiger charge is 2.20. The Bertz CT molecular complexity index is 872. The van der Waals surface area contributed by atoms with Gasteiger partial charge >= 0.3 is 0 Å². The zero-order valence-corrected chi connectivity index (χ0v) is 16.6. The van der Waals surface area contributed by atoms with Gasteiger partial charge in [0.1, 0.15) is 17.3 Å². The lowest BCUT2D eigenvalue weighted by molar-refractivity contribution is 0.0953. The van der Waals surface area contributed by atoms with E-state index in [1.807, 2.05) is 6.92 Å². The van der Waals surface area contributed by atoms with Crippen molar-refractivity contribution < 1.29 is 9.18 Å². The van der Waals surface area contributed by atoms with Gasteiger partial charge in [-0.25, -0.2) is 14.4 Å². The van der Waals surface area contributed by atoms with E-state index in [1.54, 1.807) is 12.1 Å². The van der Waals surface area contributed by atoms with Crippen molar-refractivity contribution >= 4 is 11.7 Å². The average molecular weight is 395 g/mol. The molecule has 0 bridgehead atoms. The molecule has 1 fully saturated rings. The quantitative estimate of drug-likeness (QED) is 0.673. The maximum atomic E-state index is 13.3. The van der Waals surface area contributed by atoms with Crippen molar-refractivity contribution in [1.82, 2.24) is 20.2 Å². The topological polar surface area (TPSA) is 70.2 Å². The van der Waals surface area contributed by atoms with Crippen LogP contribution in [0.15, 0.2) is 30.5 Å². The molecule has 2 heterocycles. The molecule has 1 aromatic heterocycles. The number of hydrogen-bond acceptors (Lipinski definition) is 5. The first-order valence-corrected chi connectivity index (χ1v) is 9.88. The van der Waals surface area contributed by atoms with Gasteiger partial charge in [0.05, 0.1) is 18.4 Å². The predicted octanol–water partition coefficient (Wildman–Crippen LogP) is 2.64. The fourth-order valence-corrected chi connectivity index (χ4v) is 3.42. The lowest BCUT2D eigenvalue weighted by Gasteiger charge is -2.19. The number of aromatic nitrogens is 2. The Kier molecular flexibility index (Phi) is 7.14.